The molecule has 0 saturated carbocycles. The van der Waals surface area contributed by atoms with Crippen LogP contribution in [0.1, 0.15) is 30.3 Å². The van der Waals surface area contributed by atoms with Crippen LogP contribution in [0.3, 0.4) is 0 Å². The Labute approximate surface area is 148 Å². The maximum Gasteiger partial charge on any atom is 0.290 e. The average molecular weight is 347 g/mol. The molecule has 0 fully saturated rings. The van der Waals surface area contributed by atoms with Crippen molar-refractivity contribution in [1.82, 2.24) is 9.97 Å². The van der Waals surface area contributed by atoms with E-state index in [0.717, 1.165) is 47.1 Å². The van der Waals surface area contributed by atoms with Crippen LogP contribution in [0.25, 0.3) is 0 Å². The van der Waals surface area contributed by atoms with E-state index in [1.165, 1.54) is 0 Å². The highest BCUT2D eigenvalue weighted by Crippen LogP contribution is 2.25. The van der Waals surface area contributed by atoms with E-state index in [1.807, 2.05) is 31.3 Å². The summed E-state index contributed by atoms with van der Waals surface area (Å²) in [6.07, 6.45) is 3.92. The van der Waals surface area contributed by atoms with Gasteiger partial charge in [-0.25, -0.2) is 9.97 Å². The van der Waals surface area contributed by atoms with Gasteiger partial charge in [0.1, 0.15) is 23.1 Å². The number of nitrogens with zero attached hydrogens (tertiary/aromatic N) is 2. The molecule has 2 rings (SSSR count). The predicted molar refractivity (Wildman–Crippen MR) is 96.3 cm³/mol. The summed E-state index contributed by atoms with van der Waals surface area (Å²) in [5, 5.41) is 10.3. The molecule has 0 aliphatic rings. The van der Waals surface area contributed by atoms with Crippen molar-refractivity contribution in [2.75, 3.05) is 19.5 Å². The molecule has 2 N–H and O–H groups in total. The Hall–Kier alpha value is -2.83. The van der Waals surface area contributed by atoms with E-state index in [9.17, 15) is 0 Å². The van der Waals surface area contributed by atoms with Crippen LogP contribution in [0.4, 0.5) is 5.82 Å². The predicted octanol–water partition coefficient (Wildman–Crippen LogP) is 3.07. The van der Waals surface area contributed by atoms with Gasteiger partial charge in [-0.15, -0.1) is 0 Å². The first-order valence-electron chi connectivity index (χ1n) is 7.94. The maximum atomic E-state index is 8.36. The zero-order valence-corrected chi connectivity index (χ0v) is 15.1. The Morgan fingerprint density at radius 2 is 1.96 bits per heavy atom. The summed E-state index contributed by atoms with van der Waals surface area (Å²) in [7, 11) is 3.33. The van der Waals surface area contributed by atoms with Crippen molar-refractivity contribution in [2.45, 2.75) is 33.2 Å². The second-order valence-corrected chi connectivity index (χ2v) is 5.18. The molecule has 0 aliphatic carbocycles. The molecule has 25 heavy (non-hydrogen) atoms. The van der Waals surface area contributed by atoms with Gasteiger partial charge in [0.15, 0.2) is 0 Å². The number of ether oxygens (including phenoxy) is 2. The van der Waals surface area contributed by atoms with Gasteiger partial charge in [-0.1, -0.05) is 13.3 Å². The minimum absolute atomic E-state index is 0.250. The van der Waals surface area contributed by atoms with Crippen molar-refractivity contribution in [3.05, 3.63) is 41.3 Å². The molecule has 1 heterocycles. The Kier molecular flexibility index (Phi) is 8.78. The van der Waals surface area contributed by atoms with Crippen LogP contribution in [0.5, 0.6) is 11.5 Å². The number of hydrogen-bond acceptors (Lipinski definition) is 6. The number of rotatable bonds is 7. The fourth-order valence-electron chi connectivity index (χ4n) is 2.30. The van der Waals surface area contributed by atoms with Gasteiger partial charge in [0.2, 0.25) is 0 Å². The van der Waals surface area contributed by atoms with Gasteiger partial charge in [-0.2, -0.15) is 0 Å². The normalized spacial score (nSPS) is 9.60. The number of hydrogen-bond donors (Lipinski definition) is 2. The maximum absolute atomic E-state index is 8.36. The van der Waals surface area contributed by atoms with Gasteiger partial charge in [0, 0.05) is 23.9 Å². The largest absolute Gasteiger partial charge is 0.497 e. The molecule has 1 aromatic heterocycles. The minimum atomic E-state index is -0.250. The van der Waals surface area contributed by atoms with Crippen LogP contribution in [0.2, 0.25) is 0 Å². The Balaban J connectivity index is 0.000000970. The third kappa shape index (κ3) is 6.29. The van der Waals surface area contributed by atoms with Gasteiger partial charge in [-0.05, 0) is 31.5 Å². The van der Waals surface area contributed by atoms with E-state index in [1.54, 1.807) is 14.2 Å². The van der Waals surface area contributed by atoms with Crippen molar-refractivity contribution < 1.29 is 19.4 Å². The lowest BCUT2D eigenvalue weighted by Crippen LogP contribution is -2.08. The highest BCUT2D eigenvalue weighted by molar-refractivity contribution is 5.47. The van der Waals surface area contributed by atoms with E-state index >= 15 is 0 Å². The van der Waals surface area contributed by atoms with Crippen LogP contribution in [-0.2, 0) is 17.8 Å². The third-order valence-electron chi connectivity index (χ3n) is 3.44. The highest BCUT2D eigenvalue weighted by Gasteiger charge is 2.08. The minimum Gasteiger partial charge on any atom is -0.497 e. The molecule has 0 spiro atoms. The first-order chi connectivity index (χ1) is 12.1. The molecule has 0 bridgehead atoms. The number of nitrogens with one attached hydrogen (secondary N) is 1. The van der Waals surface area contributed by atoms with E-state index in [4.69, 9.17) is 19.4 Å². The zero-order chi connectivity index (χ0) is 18.7. The SMILES string of the molecule is CCCc1cnc(C)nc1NCc1cc(OC)ccc1OC.O=CO. The topological polar surface area (TPSA) is 93.6 Å². The molecule has 2 aromatic rings. The van der Waals surface area contributed by atoms with E-state index in [2.05, 4.69) is 22.2 Å². The molecule has 0 atom stereocenters. The van der Waals surface area contributed by atoms with Crippen molar-refractivity contribution in [3.8, 4) is 11.5 Å². The second-order valence-electron chi connectivity index (χ2n) is 5.18. The number of carboxylic acid groups (broad SMARTS) is 1. The zero-order valence-electron chi connectivity index (χ0n) is 15.1. The van der Waals surface area contributed by atoms with Crippen molar-refractivity contribution in [3.63, 3.8) is 0 Å². The molecule has 7 heteroatoms. The molecule has 0 amide bonds. The highest BCUT2D eigenvalue weighted by atomic mass is 16.5. The van der Waals surface area contributed by atoms with Gasteiger partial charge in [0.05, 0.1) is 14.2 Å². The summed E-state index contributed by atoms with van der Waals surface area (Å²) < 4.78 is 10.7. The smallest absolute Gasteiger partial charge is 0.290 e. The first-order valence-corrected chi connectivity index (χ1v) is 7.94. The Morgan fingerprint density at radius 1 is 1.24 bits per heavy atom. The van der Waals surface area contributed by atoms with E-state index in [-0.39, 0.29) is 6.47 Å². The summed E-state index contributed by atoms with van der Waals surface area (Å²) in [5.41, 5.74) is 2.16. The number of methoxy groups -OCH3 is 2. The molecule has 0 radical (unpaired) electrons. The lowest BCUT2D eigenvalue weighted by Gasteiger charge is -2.14. The van der Waals surface area contributed by atoms with E-state index in [0.29, 0.717) is 6.54 Å². The summed E-state index contributed by atoms with van der Waals surface area (Å²) in [6.45, 7) is 4.41. The number of aromatic nitrogens is 2. The van der Waals surface area contributed by atoms with Crippen molar-refractivity contribution >= 4 is 12.3 Å². The molecule has 0 aliphatic heterocycles. The first kappa shape index (κ1) is 20.2. The third-order valence-corrected chi connectivity index (χ3v) is 3.44. The number of anilines is 1. The van der Waals surface area contributed by atoms with Crippen LogP contribution in [0, 0.1) is 6.92 Å². The van der Waals surface area contributed by atoms with Crippen LogP contribution in [-0.4, -0.2) is 35.8 Å². The summed E-state index contributed by atoms with van der Waals surface area (Å²) in [6, 6.07) is 5.77. The molecular weight excluding hydrogens is 322 g/mol. The molecule has 1 aromatic carbocycles. The second kappa shape index (κ2) is 10.9. The quantitative estimate of drug-likeness (QED) is 0.743. The number of benzene rings is 1. The fourth-order valence-corrected chi connectivity index (χ4v) is 2.30. The Bertz CT molecular complexity index is 677. The van der Waals surface area contributed by atoms with Crippen LogP contribution in [0.15, 0.2) is 24.4 Å². The average Bonchev–Trinajstić information content (AvgIpc) is 2.62. The van der Waals surface area contributed by atoms with Crippen molar-refractivity contribution in [1.29, 1.82) is 0 Å². The summed E-state index contributed by atoms with van der Waals surface area (Å²) in [4.78, 5) is 17.2. The van der Waals surface area contributed by atoms with Gasteiger partial charge in [-0.3, -0.25) is 4.79 Å². The van der Waals surface area contributed by atoms with Gasteiger partial charge >= 0.3 is 0 Å². The molecule has 7 nitrogen and oxygen atoms in total. The van der Waals surface area contributed by atoms with Crippen LogP contribution >= 0.6 is 0 Å². The van der Waals surface area contributed by atoms with Crippen molar-refractivity contribution in [2.24, 2.45) is 0 Å². The van der Waals surface area contributed by atoms with Crippen LogP contribution < -0.4 is 14.8 Å². The lowest BCUT2D eigenvalue weighted by atomic mass is 10.1. The molecule has 136 valence electrons. The monoisotopic (exact) mass is 347 g/mol. The van der Waals surface area contributed by atoms with Gasteiger partial charge in [0.25, 0.3) is 6.47 Å². The molecule has 0 saturated heterocycles. The fraction of sp³-hybridized carbons (Fsp3) is 0.389. The number of carbonyl (C=O) groups is 1. The summed E-state index contributed by atoms with van der Waals surface area (Å²) in [5.74, 6) is 3.29. The van der Waals surface area contributed by atoms with Gasteiger partial charge < -0.3 is 19.9 Å². The van der Waals surface area contributed by atoms with E-state index < -0.39 is 0 Å². The summed E-state index contributed by atoms with van der Waals surface area (Å²) >= 11 is 0. The molecule has 0 unspecified atom stereocenters. The number of aryl methyl sites for hydroxylation is 2. The Morgan fingerprint density at radius 3 is 2.56 bits per heavy atom. The molecular formula is C18H25N3O4. The lowest BCUT2D eigenvalue weighted by molar-refractivity contribution is -0.122. The standard InChI is InChI=1S/C17H23N3O2.CH2O2/c1-5-6-13-10-18-12(2)20-17(13)19-11-14-9-15(21-3)7-8-16(14)22-4;2-1-3/h7-10H,5-6,11H2,1-4H3,(H,18,19,20);1H,(H,2,3).